The Morgan fingerprint density at radius 3 is 2.71 bits per heavy atom. The van der Waals surface area contributed by atoms with Crippen LogP contribution in [0.15, 0.2) is 0 Å². The molecule has 0 aromatic carbocycles. The SMILES string of the molecule is O=C(CC1CCCOC1)N1CCCC1. The third-order valence-corrected chi connectivity index (χ3v) is 3.18. The fraction of sp³-hybridized carbons (Fsp3) is 0.909. The lowest BCUT2D eigenvalue weighted by Crippen LogP contribution is -2.31. The average molecular weight is 197 g/mol. The average Bonchev–Trinajstić information content (AvgIpc) is 2.72. The van der Waals surface area contributed by atoms with Gasteiger partial charge in [0.2, 0.25) is 5.91 Å². The van der Waals surface area contributed by atoms with E-state index in [2.05, 4.69) is 0 Å². The molecule has 2 aliphatic rings. The van der Waals surface area contributed by atoms with E-state index in [4.69, 9.17) is 4.74 Å². The number of carbonyl (C=O) groups excluding carboxylic acids is 1. The molecule has 0 aliphatic carbocycles. The van der Waals surface area contributed by atoms with Crippen molar-refractivity contribution in [1.82, 2.24) is 4.90 Å². The first-order valence-electron chi connectivity index (χ1n) is 5.72. The van der Waals surface area contributed by atoms with E-state index in [1.165, 1.54) is 19.3 Å². The van der Waals surface area contributed by atoms with Crippen LogP contribution in [0.4, 0.5) is 0 Å². The minimum atomic E-state index is 0.345. The molecular formula is C11H19NO2. The Balaban J connectivity index is 1.75. The van der Waals surface area contributed by atoms with E-state index in [0.717, 1.165) is 32.7 Å². The molecule has 2 rings (SSSR count). The van der Waals surface area contributed by atoms with Gasteiger partial charge in [0.25, 0.3) is 0 Å². The fourth-order valence-corrected chi connectivity index (χ4v) is 2.31. The van der Waals surface area contributed by atoms with Crippen molar-refractivity contribution in [2.24, 2.45) is 5.92 Å². The van der Waals surface area contributed by atoms with Crippen LogP contribution in [0.2, 0.25) is 0 Å². The molecule has 80 valence electrons. The summed E-state index contributed by atoms with van der Waals surface area (Å²) >= 11 is 0. The van der Waals surface area contributed by atoms with Crippen molar-refractivity contribution in [3.63, 3.8) is 0 Å². The van der Waals surface area contributed by atoms with Gasteiger partial charge in [0, 0.05) is 32.7 Å². The molecule has 1 unspecified atom stereocenters. The van der Waals surface area contributed by atoms with Crippen molar-refractivity contribution < 1.29 is 9.53 Å². The van der Waals surface area contributed by atoms with Gasteiger partial charge in [-0.25, -0.2) is 0 Å². The van der Waals surface area contributed by atoms with E-state index in [1.807, 2.05) is 4.90 Å². The van der Waals surface area contributed by atoms with Crippen LogP contribution in [0.1, 0.15) is 32.1 Å². The van der Waals surface area contributed by atoms with Crippen molar-refractivity contribution in [3.05, 3.63) is 0 Å². The Kier molecular flexibility index (Phi) is 3.40. The van der Waals surface area contributed by atoms with Gasteiger partial charge in [0.15, 0.2) is 0 Å². The molecule has 0 aromatic heterocycles. The largest absolute Gasteiger partial charge is 0.381 e. The van der Waals surface area contributed by atoms with Gasteiger partial charge in [-0.2, -0.15) is 0 Å². The quantitative estimate of drug-likeness (QED) is 0.670. The van der Waals surface area contributed by atoms with Crippen LogP contribution in [0, 0.1) is 5.92 Å². The zero-order chi connectivity index (χ0) is 9.80. The van der Waals surface area contributed by atoms with Crippen LogP contribution < -0.4 is 0 Å². The standard InChI is InChI=1S/C11H19NO2/c13-11(12-5-1-2-6-12)8-10-4-3-7-14-9-10/h10H,1-9H2. The van der Waals surface area contributed by atoms with Crippen LogP contribution >= 0.6 is 0 Å². The van der Waals surface area contributed by atoms with Crippen LogP contribution in [0.25, 0.3) is 0 Å². The van der Waals surface area contributed by atoms with Gasteiger partial charge < -0.3 is 9.64 Å². The Morgan fingerprint density at radius 1 is 1.29 bits per heavy atom. The molecule has 1 amide bonds. The molecular weight excluding hydrogens is 178 g/mol. The summed E-state index contributed by atoms with van der Waals surface area (Å²) in [5, 5.41) is 0. The van der Waals surface area contributed by atoms with E-state index in [9.17, 15) is 4.79 Å². The molecule has 0 N–H and O–H groups in total. The summed E-state index contributed by atoms with van der Waals surface area (Å²) in [5.74, 6) is 0.829. The lowest BCUT2D eigenvalue weighted by atomic mass is 9.98. The van der Waals surface area contributed by atoms with Crippen molar-refractivity contribution in [3.8, 4) is 0 Å². The van der Waals surface area contributed by atoms with Gasteiger partial charge in [-0.15, -0.1) is 0 Å². The zero-order valence-corrected chi connectivity index (χ0v) is 8.71. The van der Waals surface area contributed by atoms with Crippen LogP contribution in [-0.4, -0.2) is 37.1 Å². The number of carbonyl (C=O) groups is 1. The maximum absolute atomic E-state index is 11.8. The highest BCUT2D eigenvalue weighted by atomic mass is 16.5. The second kappa shape index (κ2) is 4.78. The number of likely N-dealkylation sites (tertiary alicyclic amines) is 1. The molecule has 3 heteroatoms. The maximum Gasteiger partial charge on any atom is 0.222 e. The highest BCUT2D eigenvalue weighted by molar-refractivity contribution is 5.76. The van der Waals surface area contributed by atoms with E-state index in [1.54, 1.807) is 0 Å². The minimum Gasteiger partial charge on any atom is -0.381 e. The number of ether oxygens (including phenoxy) is 1. The van der Waals surface area contributed by atoms with Crippen LogP contribution in [0.3, 0.4) is 0 Å². The third-order valence-electron chi connectivity index (χ3n) is 3.18. The summed E-state index contributed by atoms with van der Waals surface area (Å²) in [4.78, 5) is 13.8. The summed E-state index contributed by atoms with van der Waals surface area (Å²) in [6.07, 6.45) is 5.37. The summed E-state index contributed by atoms with van der Waals surface area (Å²) in [6.45, 7) is 3.63. The normalized spacial score (nSPS) is 28.0. The van der Waals surface area contributed by atoms with E-state index >= 15 is 0 Å². The summed E-state index contributed by atoms with van der Waals surface area (Å²) in [5.41, 5.74) is 0. The Hall–Kier alpha value is -0.570. The predicted molar refractivity (Wildman–Crippen MR) is 54.0 cm³/mol. The monoisotopic (exact) mass is 197 g/mol. The molecule has 14 heavy (non-hydrogen) atoms. The Labute approximate surface area is 85.4 Å². The maximum atomic E-state index is 11.8. The van der Waals surface area contributed by atoms with E-state index in [-0.39, 0.29) is 0 Å². The van der Waals surface area contributed by atoms with Gasteiger partial charge in [-0.05, 0) is 31.6 Å². The van der Waals surface area contributed by atoms with Crippen molar-refractivity contribution in [2.45, 2.75) is 32.1 Å². The Bertz CT molecular complexity index is 193. The highest BCUT2D eigenvalue weighted by Crippen LogP contribution is 2.19. The first-order chi connectivity index (χ1) is 6.86. The van der Waals surface area contributed by atoms with Crippen molar-refractivity contribution >= 4 is 5.91 Å². The van der Waals surface area contributed by atoms with Gasteiger partial charge in [0.1, 0.15) is 0 Å². The molecule has 3 nitrogen and oxygen atoms in total. The van der Waals surface area contributed by atoms with Gasteiger partial charge >= 0.3 is 0 Å². The molecule has 0 bridgehead atoms. The third kappa shape index (κ3) is 2.47. The Morgan fingerprint density at radius 2 is 2.07 bits per heavy atom. The van der Waals surface area contributed by atoms with Gasteiger partial charge in [-0.1, -0.05) is 0 Å². The molecule has 0 aromatic rings. The predicted octanol–water partition coefficient (Wildman–Crippen LogP) is 1.43. The molecule has 2 saturated heterocycles. The van der Waals surface area contributed by atoms with E-state index in [0.29, 0.717) is 18.2 Å². The number of hydrogen-bond acceptors (Lipinski definition) is 2. The smallest absolute Gasteiger partial charge is 0.222 e. The minimum absolute atomic E-state index is 0.345. The summed E-state index contributed by atoms with van der Waals surface area (Å²) in [7, 11) is 0. The lowest BCUT2D eigenvalue weighted by molar-refractivity contribution is -0.132. The molecule has 2 heterocycles. The summed E-state index contributed by atoms with van der Waals surface area (Å²) in [6, 6.07) is 0. The zero-order valence-electron chi connectivity index (χ0n) is 8.71. The van der Waals surface area contributed by atoms with Gasteiger partial charge in [-0.3, -0.25) is 4.79 Å². The second-order valence-corrected chi connectivity index (χ2v) is 4.38. The molecule has 1 atom stereocenters. The van der Waals surface area contributed by atoms with E-state index < -0.39 is 0 Å². The molecule has 2 fully saturated rings. The molecule has 0 radical (unpaired) electrons. The topological polar surface area (TPSA) is 29.5 Å². The number of amides is 1. The first-order valence-corrected chi connectivity index (χ1v) is 5.72. The van der Waals surface area contributed by atoms with Crippen LogP contribution in [0.5, 0.6) is 0 Å². The fourth-order valence-electron chi connectivity index (χ4n) is 2.31. The first kappa shape index (κ1) is 9.97. The summed E-state index contributed by atoms with van der Waals surface area (Å²) < 4.78 is 5.37. The van der Waals surface area contributed by atoms with Gasteiger partial charge in [0.05, 0.1) is 0 Å². The highest BCUT2D eigenvalue weighted by Gasteiger charge is 2.23. The van der Waals surface area contributed by atoms with Crippen LogP contribution in [-0.2, 0) is 9.53 Å². The molecule has 0 spiro atoms. The molecule has 0 saturated carbocycles. The second-order valence-electron chi connectivity index (χ2n) is 4.38. The van der Waals surface area contributed by atoms with Crippen molar-refractivity contribution in [2.75, 3.05) is 26.3 Å². The molecule has 2 aliphatic heterocycles. The van der Waals surface area contributed by atoms with Crippen molar-refractivity contribution in [1.29, 1.82) is 0 Å². The lowest BCUT2D eigenvalue weighted by Gasteiger charge is -2.24. The number of nitrogens with zero attached hydrogens (tertiary/aromatic N) is 1. The number of rotatable bonds is 2. The number of hydrogen-bond donors (Lipinski definition) is 0.